The van der Waals surface area contributed by atoms with Gasteiger partial charge in [0.2, 0.25) is 0 Å². The zero-order valence-electron chi connectivity index (χ0n) is 16.1. The molecule has 1 saturated heterocycles. The zero-order chi connectivity index (χ0) is 19.9. The number of carboxylic acid groups (broad SMARTS) is 1. The molecule has 28 heavy (non-hydrogen) atoms. The summed E-state index contributed by atoms with van der Waals surface area (Å²) in [7, 11) is 0. The normalized spacial score (nSPS) is 16.0. The molecule has 150 valence electrons. The largest absolute Gasteiger partial charge is 0.481 e. The Kier molecular flexibility index (Phi) is 7.30. The van der Waals surface area contributed by atoms with Gasteiger partial charge in [0.05, 0.1) is 24.8 Å². The van der Waals surface area contributed by atoms with E-state index in [1.807, 2.05) is 17.5 Å². The van der Waals surface area contributed by atoms with Crippen LogP contribution >= 0.6 is 11.3 Å². The summed E-state index contributed by atoms with van der Waals surface area (Å²) in [6.07, 6.45) is 0.709. The first kappa shape index (κ1) is 20.6. The van der Waals surface area contributed by atoms with Crippen LogP contribution in [0.3, 0.4) is 0 Å². The first-order valence-electron chi connectivity index (χ1n) is 9.63. The van der Waals surface area contributed by atoms with E-state index in [1.54, 1.807) is 6.92 Å². The number of morpholine rings is 1. The molecule has 1 aliphatic heterocycles. The van der Waals surface area contributed by atoms with Crippen LogP contribution in [-0.2, 0) is 27.3 Å². The highest BCUT2D eigenvalue weighted by Gasteiger charge is 2.20. The van der Waals surface area contributed by atoms with Gasteiger partial charge >= 0.3 is 5.97 Å². The first-order valence-corrected chi connectivity index (χ1v) is 10.5. The summed E-state index contributed by atoms with van der Waals surface area (Å²) < 4.78 is 5.40. The summed E-state index contributed by atoms with van der Waals surface area (Å²) >= 11 is 1.52. The van der Waals surface area contributed by atoms with Gasteiger partial charge in [-0.15, -0.1) is 11.3 Å². The molecule has 0 saturated carbocycles. The minimum Gasteiger partial charge on any atom is -0.481 e. The lowest BCUT2D eigenvalue weighted by molar-refractivity contribution is -0.143. The Balaban J connectivity index is 1.62. The number of ether oxygens (including phenoxy) is 1. The van der Waals surface area contributed by atoms with Crippen LogP contribution in [0.1, 0.15) is 31.0 Å². The standard InChI is InChI=1S/C21H26N2O4S/c1-2-16(21(25)26)11-19(24)12-18-14-28-20(22-18)17-5-3-4-15(10-17)13-23-6-8-27-9-7-23/h3-5,10,14,16H,2,6-9,11-13H2,1H3,(H,25,26). The van der Waals surface area contributed by atoms with Crippen LogP contribution in [0.4, 0.5) is 0 Å². The zero-order valence-corrected chi connectivity index (χ0v) is 16.9. The van der Waals surface area contributed by atoms with Crippen molar-refractivity contribution in [1.29, 1.82) is 0 Å². The number of thiazole rings is 1. The van der Waals surface area contributed by atoms with Gasteiger partial charge in [-0.3, -0.25) is 14.5 Å². The van der Waals surface area contributed by atoms with Gasteiger partial charge in [0, 0.05) is 43.4 Å². The van der Waals surface area contributed by atoms with Gasteiger partial charge in [0.15, 0.2) is 0 Å². The fraction of sp³-hybridized carbons (Fsp3) is 0.476. The van der Waals surface area contributed by atoms with Crippen LogP contribution in [0.15, 0.2) is 29.6 Å². The summed E-state index contributed by atoms with van der Waals surface area (Å²) in [5.41, 5.74) is 3.00. The average Bonchev–Trinajstić information content (AvgIpc) is 3.15. The predicted octanol–water partition coefficient (Wildman–Crippen LogP) is 3.25. The van der Waals surface area contributed by atoms with E-state index >= 15 is 0 Å². The first-order chi connectivity index (χ1) is 13.5. The predicted molar refractivity (Wildman–Crippen MR) is 108 cm³/mol. The van der Waals surface area contributed by atoms with Crippen molar-refractivity contribution >= 4 is 23.1 Å². The van der Waals surface area contributed by atoms with Crippen LogP contribution < -0.4 is 0 Å². The number of carbonyl (C=O) groups is 2. The number of benzene rings is 1. The van der Waals surface area contributed by atoms with E-state index in [4.69, 9.17) is 9.84 Å². The van der Waals surface area contributed by atoms with Crippen molar-refractivity contribution in [3.63, 3.8) is 0 Å². The van der Waals surface area contributed by atoms with E-state index in [0.29, 0.717) is 12.1 Å². The molecule has 0 aliphatic carbocycles. The van der Waals surface area contributed by atoms with Crippen molar-refractivity contribution in [2.24, 2.45) is 5.92 Å². The van der Waals surface area contributed by atoms with Gasteiger partial charge in [-0.05, 0) is 18.1 Å². The number of carbonyl (C=O) groups excluding carboxylic acids is 1. The third-order valence-corrected chi connectivity index (χ3v) is 5.87. The number of Topliss-reactive ketones (excluding diaryl/α,β-unsaturated/α-hetero) is 1. The molecule has 1 N–H and O–H groups in total. The van der Waals surface area contributed by atoms with Gasteiger partial charge in [0.1, 0.15) is 10.8 Å². The molecule has 2 aromatic rings. The highest BCUT2D eigenvalue weighted by molar-refractivity contribution is 7.13. The highest BCUT2D eigenvalue weighted by atomic mass is 32.1. The molecule has 3 rings (SSSR count). The van der Waals surface area contributed by atoms with E-state index in [1.165, 1.54) is 16.9 Å². The monoisotopic (exact) mass is 402 g/mol. The molecule has 1 unspecified atom stereocenters. The lowest BCUT2D eigenvalue weighted by atomic mass is 9.98. The van der Waals surface area contributed by atoms with Crippen molar-refractivity contribution in [3.8, 4) is 10.6 Å². The Morgan fingerprint density at radius 2 is 2.11 bits per heavy atom. The fourth-order valence-corrected chi connectivity index (χ4v) is 4.11. The molecule has 2 heterocycles. The minimum atomic E-state index is -0.910. The molecule has 0 bridgehead atoms. The number of ketones is 1. The number of hydrogen-bond donors (Lipinski definition) is 1. The van der Waals surface area contributed by atoms with Crippen LogP contribution in [0.2, 0.25) is 0 Å². The van der Waals surface area contributed by atoms with Crippen molar-refractivity contribution in [3.05, 3.63) is 40.9 Å². The maximum Gasteiger partial charge on any atom is 0.306 e. The quantitative estimate of drug-likeness (QED) is 0.694. The highest BCUT2D eigenvalue weighted by Crippen LogP contribution is 2.26. The maximum absolute atomic E-state index is 12.2. The third kappa shape index (κ3) is 5.70. The smallest absolute Gasteiger partial charge is 0.306 e. The molecule has 1 aliphatic rings. The summed E-state index contributed by atoms with van der Waals surface area (Å²) in [5, 5.41) is 11.9. The Labute approximate surface area is 169 Å². The van der Waals surface area contributed by atoms with E-state index in [2.05, 4.69) is 22.0 Å². The van der Waals surface area contributed by atoms with Gasteiger partial charge < -0.3 is 9.84 Å². The van der Waals surface area contributed by atoms with E-state index in [0.717, 1.165) is 43.4 Å². The number of aliphatic carboxylic acids is 1. The van der Waals surface area contributed by atoms with Gasteiger partial charge in [-0.1, -0.05) is 25.1 Å². The van der Waals surface area contributed by atoms with E-state index in [-0.39, 0.29) is 18.6 Å². The molecule has 1 aromatic heterocycles. The van der Waals surface area contributed by atoms with E-state index < -0.39 is 11.9 Å². The van der Waals surface area contributed by atoms with Crippen molar-refractivity contribution < 1.29 is 19.4 Å². The summed E-state index contributed by atoms with van der Waals surface area (Å²) in [4.78, 5) is 30.3. The number of rotatable bonds is 9. The van der Waals surface area contributed by atoms with E-state index in [9.17, 15) is 9.59 Å². The summed E-state index contributed by atoms with van der Waals surface area (Å²) in [6, 6.07) is 8.34. The van der Waals surface area contributed by atoms with Gasteiger partial charge in [-0.25, -0.2) is 4.98 Å². The molecule has 1 fully saturated rings. The number of carboxylic acids is 1. The fourth-order valence-electron chi connectivity index (χ4n) is 3.30. The van der Waals surface area contributed by atoms with Gasteiger partial charge in [0.25, 0.3) is 0 Å². The number of aromatic nitrogens is 1. The second-order valence-electron chi connectivity index (χ2n) is 7.10. The Morgan fingerprint density at radius 1 is 1.32 bits per heavy atom. The second kappa shape index (κ2) is 9.91. The summed E-state index contributed by atoms with van der Waals surface area (Å²) in [6.45, 7) is 6.14. The molecule has 0 amide bonds. The topological polar surface area (TPSA) is 79.7 Å². The summed E-state index contributed by atoms with van der Waals surface area (Å²) in [5.74, 6) is -1.60. The van der Waals surface area contributed by atoms with Crippen LogP contribution in [0, 0.1) is 5.92 Å². The minimum absolute atomic E-state index is 0.0632. The number of hydrogen-bond acceptors (Lipinski definition) is 6. The average molecular weight is 403 g/mol. The molecule has 0 spiro atoms. The Hall–Kier alpha value is -2.09. The van der Waals surface area contributed by atoms with Crippen LogP contribution in [0.25, 0.3) is 10.6 Å². The van der Waals surface area contributed by atoms with Gasteiger partial charge in [-0.2, -0.15) is 0 Å². The SMILES string of the molecule is CCC(CC(=O)Cc1csc(-c2cccc(CN3CCOCC3)c2)n1)C(=O)O. The molecule has 1 aromatic carbocycles. The molecular weight excluding hydrogens is 376 g/mol. The van der Waals surface area contributed by atoms with Crippen molar-refractivity contribution in [2.75, 3.05) is 26.3 Å². The number of nitrogens with zero attached hydrogens (tertiary/aromatic N) is 2. The lowest BCUT2D eigenvalue weighted by Crippen LogP contribution is -2.35. The molecule has 1 atom stereocenters. The molecule has 6 nitrogen and oxygen atoms in total. The van der Waals surface area contributed by atoms with Crippen LogP contribution in [-0.4, -0.2) is 53.0 Å². The Morgan fingerprint density at radius 3 is 2.82 bits per heavy atom. The van der Waals surface area contributed by atoms with Crippen molar-refractivity contribution in [1.82, 2.24) is 9.88 Å². The maximum atomic E-state index is 12.2. The molecular formula is C21H26N2O4S. The molecule has 7 heteroatoms. The van der Waals surface area contributed by atoms with Crippen LogP contribution in [0.5, 0.6) is 0 Å². The third-order valence-electron chi connectivity index (χ3n) is 4.93. The molecule has 0 radical (unpaired) electrons. The lowest BCUT2D eigenvalue weighted by Gasteiger charge is -2.26. The second-order valence-corrected chi connectivity index (χ2v) is 7.95. The Bertz CT molecular complexity index is 814. The van der Waals surface area contributed by atoms with Crippen molar-refractivity contribution in [2.45, 2.75) is 32.7 Å².